The second-order valence-corrected chi connectivity index (χ2v) is 2.25. The van der Waals surface area contributed by atoms with E-state index < -0.39 is 24.3 Å². The van der Waals surface area contributed by atoms with E-state index in [0.717, 1.165) is 6.92 Å². The van der Waals surface area contributed by atoms with E-state index >= 15 is 0 Å². The van der Waals surface area contributed by atoms with Crippen LogP contribution in [-0.4, -0.2) is 24.3 Å². The zero-order chi connectivity index (χ0) is 9.57. The molecular formula is C5H4F4O3. The predicted octanol–water partition coefficient (Wildman–Crippen LogP) is 1.77. The van der Waals surface area contributed by atoms with Crippen molar-refractivity contribution in [1.29, 1.82) is 0 Å². The lowest BCUT2D eigenvalue weighted by Gasteiger charge is -2.21. The second kappa shape index (κ2) is 2.24. The minimum atomic E-state index is -5.27. The van der Waals surface area contributed by atoms with Gasteiger partial charge in [-0.3, -0.25) is 0 Å². The van der Waals surface area contributed by atoms with E-state index in [-0.39, 0.29) is 0 Å². The van der Waals surface area contributed by atoms with Gasteiger partial charge in [-0.1, -0.05) is 0 Å². The highest BCUT2D eigenvalue weighted by molar-refractivity contribution is 5.63. The smallest absolute Gasteiger partial charge is 0.423 e. The topological polar surface area (TPSA) is 35.5 Å². The summed E-state index contributed by atoms with van der Waals surface area (Å²) in [4.78, 5) is 10.1. The Bertz CT molecular complexity index is 213. The molecule has 12 heavy (non-hydrogen) atoms. The molecule has 1 aliphatic rings. The van der Waals surface area contributed by atoms with Crippen molar-refractivity contribution >= 4 is 6.16 Å². The molecule has 2 unspecified atom stereocenters. The lowest BCUT2D eigenvalue weighted by atomic mass is 10.2. The standard InChI is InChI=1S/C5H4F4O3/c1-2-4(6,5(7,8)9)12-3(10)11-2/h2H,1H3. The summed E-state index contributed by atoms with van der Waals surface area (Å²) in [5.74, 6) is -4.01. The molecule has 1 fully saturated rings. The van der Waals surface area contributed by atoms with Gasteiger partial charge in [-0.15, -0.1) is 0 Å². The fraction of sp³-hybridized carbons (Fsp3) is 0.800. The molecule has 0 amide bonds. The van der Waals surface area contributed by atoms with Gasteiger partial charge in [0.25, 0.3) is 0 Å². The fourth-order valence-corrected chi connectivity index (χ4v) is 0.737. The van der Waals surface area contributed by atoms with Crippen LogP contribution in [0.15, 0.2) is 0 Å². The zero-order valence-corrected chi connectivity index (χ0v) is 5.81. The molecule has 0 aliphatic carbocycles. The number of hydrogen-bond donors (Lipinski definition) is 0. The Labute approximate surface area is 64.2 Å². The molecular weight excluding hydrogens is 184 g/mol. The van der Waals surface area contributed by atoms with E-state index in [4.69, 9.17) is 0 Å². The van der Waals surface area contributed by atoms with Gasteiger partial charge < -0.3 is 9.47 Å². The molecule has 0 saturated carbocycles. The van der Waals surface area contributed by atoms with Crippen LogP contribution in [-0.2, 0) is 9.47 Å². The van der Waals surface area contributed by atoms with E-state index in [2.05, 4.69) is 9.47 Å². The highest BCUT2D eigenvalue weighted by atomic mass is 19.4. The average Bonchev–Trinajstić information content (AvgIpc) is 2.06. The molecule has 0 radical (unpaired) electrons. The van der Waals surface area contributed by atoms with Crippen LogP contribution in [0.25, 0.3) is 0 Å². The van der Waals surface area contributed by atoms with Gasteiger partial charge in [0.15, 0.2) is 6.10 Å². The van der Waals surface area contributed by atoms with E-state index in [9.17, 15) is 22.4 Å². The molecule has 3 nitrogen and oxygen atoms in total. The summed E-state index contributed by atoms with van der Waals surface area (Å²) >= 11 is 0. The molecule has 1 heterocycles. The first kappa shape index (κ1) is 9.08. The van der Waals surface area contributed by atoms with Crippen LogP contribution in [0.4, 0.5) is 22.4 Å². The van der Waals surface area contributed by atoms with Crippen molar-refractivity contribution in [1.82, 2.24) is 0 Å². The molecule has 7 heteroatoms. The van der Waals surface area contributed by atoms with E-state index in [0.29, 0.717) is 0 Å². The van der Waals surface area contributed by atoms with Crippen molar-refractivity contribution in [2.45, 2.75) is 25.1 Å². The van der Waals surface area contributed by atoms with Crippen molar-refractivity contribution in [3.05, 3.63) is 0 Å². The zero-order valence-electron chi connectivity index (χ0n) is 5.81. The Morgan fingerprint density at radius 2 is 2.00 bits per heavy atom. The summed E-state index contributed by atoms with van der Waals surface area (Å²) in [5, 5.41) is 0. The average molecular weight is 188 g/mol. The molecule has 1 aliphatic heterocycles. The van der Waals surface area contributed by atoms with E-state index in [1.54, 1.807) is 0 Å². The van der Waals surface area contributed by atoms with Crippen molar-refractivity contribution < 1.29 is 31.8 Å². The van der Waals surface area contributed by atoms with Crippen molar-refractivity contribution in [2.24, 2.45) is 0 Å². The van der Waals surface area contributed by atoms with Gasteiger partial charge >= 0.3 is 18.2 Å². The minimum Gasteiger partial charge on any atom is -0.423 e. The monoisotopic (exact) mass is 188 g/mol. The molecule has 2 atom stereocenters. The van der Waals surface area contributed by atoms with E-state index in [1.165, 1.54) is 0 Å². The molecule has 0 spiro atoms. The fourth-order valence-electron chi connectivity index (χ4n) is 0.737. The normalized spacial score (nSPS) is 36.1. The van der Waals surface area contributed by atoms with Crippen LogP contribution in [0, 0.1) is 0 Å². The van der Waals surface area contributed by atoms with Gasteiger partial charge in [0, 0.05) is 0 Å². The van der Waals surface area contributed by atoms with E-state index in [1.807, 2.05) is 0 Å². The third-order valence-electron chi connectivity index (χ3n) is 1.41. The van der Waals surface area contributed by atoms with Gasteiger partial charge in [0.05, 0.1) is 0 Å². The van der Waals surface area contributed by atoms with Crippen molar-refractivity contribution in [2.75, 3.05) is 0 Å². The van der Waals surface area contributed by atoms with Crippen LogP contribution in [0.1, 0.15) is 6.92 Å². The Balaban J connectivity index is 2.92. The first-order chi connectivity index (χ1) is 5.27. The maximum absolute atomic E-state index is 12.8. The van der Waals surface area contributed by atoms with Crippen LogP contribution in [0.3, 0.4) is 0 Å². The maximum atomic E-state index is 12.8. The summed E-state index contributed by atoms with van der Waals surface area (Å²) in [6, 6.07) is 0. The number of cyclic esters (lactones) is 2. The van der Waals surface area contributed by atoms with Crippen LogP contribution < -0.4 is 0 Å². The van der Waals surface area contributed by atoms with Gasteiger partial charge in [0.2, 0.25) is 0 Å². The predicted molar refractivity (Wildman–Crippen MR) is 26.9 cm³/mol. The Kier molecular flexibility index (Phi) is 1.69. The Morgan fingerprint density at radius 1 is 1.50 bits per heavy atom. The largest absolute Gasteiger partial charge is 0.511 e. The lowest BCUT2D eigenvalue weighted by molar-refractivity contribution is -0.311. The van der Waals surface area contributed by atoms with Crippen LogP contribution in [0.5, 0.6) is 0 Å². The van der Waals surface area contributed by atoms with Crippen LogP contribution >= 0.6 is 0 Å². The first-order valence-electron chi connectivity index (χ1n) is 2.92. The second-order valence-electron chi connectivity index (χ2n) is 2.25. The summed E-state index contributed by atoms with van der Waals surface area (Å²) in [5.41, 5.74) is 0. The molecule has 0 bridgehead atoms. The third-order valence-corrected chi connectivity index (χ3v) is 1.41. The Hall–Kier alpha value is -1.01. The van der Waals surface area contributed by atoms with Crippen LogP contribution in [0.2, 0.25) is 0 Å². The molecule has 0 aromatic heterocycles. The van der Waals surface area contributed by atoms with Gasteiger partial charge in [-0.2, -0.15) is 17.6 Å². The molecule has 0 N–H and O–H groups in total. The quantitative estimate of drug-likeness (QED) is 0.429. The van der Waals surface area contributed by atoms with Crippen molar-refractivity contribution in [3.8, 4) is 0 Å². The summed E-state index contributed by atoms with van der Waals surface area (Å²) in [6.07, 6.45) is -8.88. The summed E-state index contributed by atoms with van der Waals surface area (Å²) in [6.45, 7) is 0.762. The highest BCUT2D eigenvalue weighted by Gasteiger charge is 2.68. The Morgan fingerprint density at radius 3 is 2.17 bits per heavy atom. The number of hydrogen-bond acceptors (Lipinski definition) is 3. The van der Waals surface area contributed by atoms with Crippen molar-refractivity contribution in [3.63, 3.8) is 0 Å². The molecule has 1 rings (SSSR count). The SMILES string of the molecule is CC1OC(=O)OC1(F)C(F)(F)F. The summed E-state index contributed by atoms with van der Waals surface area (Å²) < 4.78 is 55.5. The highest BCUT2D eigenvalue weighted by Crippen LogP contribution is 2.42. The van der Waals surface area contributed by atoms with Gasteiger partial charge in [0.1, 0.15) is 0 Å². The van der Waals surface area contributed by atoms with Gasteiger partial charge in [-0.25, -0.2) is 4.79 Å². The third kappa shape index (κ3) is 1.09. The number of carbonyl (C=O) groups is 1. The number of halogens is 4. The summed E-state index contributed by atoms with van der Waals surface area (Å²) in [7, 11) is 0. The molecule has 0 aromatic rings. The maximum Gasteiger partial charge on any atom is 0.511 e. The molecule has 1 saturated heterocycles. The lowest BCUT2D eigenvalue weighted by Crippen LogP contribution is -2.47. The number of carbonyl (C=O) groups excluding carboxylic acids is 1. The number of alkyl halides is 4. The molecule has 0 aromatic carbocycles. The number of ether oxygens (including phenoxy) is 2. The minimum absolute atomic E-state index is 0.762. The first-order valence-corrected chi connectivity index (χ1v) is 2.92. The number of rotatable bonds is 0. The molecule has 70 valence electrons. The van der Waals surface area contributed by atoms with Gasteiger partial charge in [-0.05, 0) is 6.92 Å².